The summed E-state index contributed by atoms with van der Waals surface area (Å²) in [6.07, 6.45) is 4.31. The zero-order valence-electron chi connectivity index (χ0n) is 8.70. The molecule has 1 rings (SSSR count). The molecule has 0 heterocycles. The molecule has 66 valence electrons. The van der Waals surface area contributed by atoms with Gasteiger partial charge in [-0.15, -0.1) is 0 Å². The summed E-state index contributed by atoms with van der Waals surface area (Å²) in [5.74, 6) is 0.926. The summed E-state index contributed by atoms with van der Waals surface area (Å²) < 4.78 is 0. The van der Waals surface area contributed by atoms with Crippen molar-refractivity contribution in [3.05, 3.63) is 0 Å². The summed E-state index contributed by atoms with van der Waals surface area (Å²) in [6, 6.07) is 0. The predicted octanol–water partition coefficient (Wildman–Crippen LogP) is 3.86. The third-order valence-electron chi connectivity index (χ3n) is 3.30. The lowest BCUT2D eigenvalue weighted by atomic mass is 9.68. The molecule has 0 radical (unpaired) electrons. The van der Waals surface area contributed by atoms with Gasteiger partial charge in [-0.3, -0.25) is 0 Å². The Morgan fingerprint density at radius 1 is 1.18 bits per heavy atom. The van der Waals surface area contributed by atoms with Crippen LogP contribution in [0.4, 0.5) is 0 Å². The topological polar surface area (TPSA) is 0 Å². The van der Waals surface area contributed by atoms with Crippen molar-refractivity contribution in [2.45, 2.75) is 53.9 Å². The molecule has 0 amide bonds. The van der Waals surface area contributed by atoms with Crippen molar-refractivity contribution < 1.29 is 0 Å². The summed E-state index contributed by atoms with van der Waals surface area (Å²) in [4.78, 5) is 0. The molecule has 0 nitrogen and oxygen atoms in total. The number of rotatable bonds is 0. The lowest BCUT2D eigenvalue weighted by molar-refractivity contribution is 0.121. The van der Waals surface area contributed by atoms with Gasteiger partial charge >= 0.3 is 0 Å². The van der Waals surface area contributed by atoms with E-state index in [1.165, 1.54) is 19.3 Å². The SMILES string of the molecule is CC(C)(C)[C@@H]1CCCC1(C)C. The van der Waals surface area contributed by atoms with E-state index in [9.17, 15) is 0 Å². The second-order valence-corrected chi connectivity index (χ2v) is 5.80. The molecule has 11 heavy (non-hydrogen) atoms. The van der Waals surface area contributed by atoms with E-state index in [4.69, 9.17) is 0 Å². The van der Waals surface area contributed by atoms with Crippen molar-refractivity contribution >= 4 is 0 Å². The molecule has 0 aromatic heterocycles. The average molecular weight is 154 g/mol. The van der Waals surface area contributed by atoms with Crippen molar-refractivity contribution in [3.8, 4) is 0 Å². The molecule has 0 spiro atoms. The second kappa shape index (κ2) is 2.50. The van der Waals surface area contributed by atoms with Gasteiger partial charge in [0.1, 0.15) is 0 Å². The molecule has 0 aromatic carbocycles. The summed E-state index contributed by atoms with van der Waals surface area (Å²) in [5, 5.41) is 0. The standard InChI is InChI=1S/C11H22/c1-10(2,3)9-7-6-8-11(9,4)5/h9H,6-8H2,1-5H3/t9-/m0/s1. The highest BCUT2D eigenvalue weighted by atomic mass is 14.5. The van der Waals surface area contributed by atoms with E-state index in [1.54, 1.807) is 0 Å². The van der Waals surface area contributed by atoms with Crippen molar-refractivity contribution in [2.24, 2.45) is 16.7 Å². The van der Waals surface area contributed by atoms with Gasteiger partial charge in [-0.1, -0.05) is 41.0 Å². The summed E-state index contributed by atoms with van der Waals surface area (Å²) in [6.45, 7) is 12.0. The zero-order chi connectivity index (χ0) is 8.70. The first kappa shape index (κ1) is 9.09. The molecule has 0 unspecified atom stereocenters. The molecular weight excluding hydrogens is 132 g/mol. The van der Waals surface area contributed by atoms with E-state index in [2.05, 4.69) is 34.6 Å². The highest BCUT2D eigenvalue weighted by Gasteiger charge is 2.41. The van der Waals surface area contributed by atoms with Crippen molar-refractivity contribution in [3.63, 3.8) is 0 Å². The van der Waals surface area contributed by atoms with E-state index in [1.807, 2.05) is 0 Å². The summed E-state index contributed by atoms with van der Waals surface area (Å²) in [5.41, 5.74) is 1.11. The number of hydrogen-bond acceptors (Lipinski definition) is 0. The minimum atomic E-state index is 0.514. The predicted molar refractivity (Wildman–Crippen MR) is 50.6 cm³/mol. The Labute approximate surface area is 71.4 Å². The second-order valence-electron chi connectivity index (χ2n) is 5.80. The zero-order valence-corrected chi connectivity index (χ0v) is 8.70. The van der Waals surface area contributed by atoms with Gasteiger partial charge in [0.15, 0.2) is 0 Å². The molecule has 1 aliphatic carbocycles. The molecule has 1 atom stereocenters. The van der Waals surface area contributed by atoms with Crippen molar-refractivity contribution in [1.29, 1.82) is 0 Å². The van der Waals surface area contributed by atoms with Crippen molar-refractivity contribution in [2.75, 3.05) is 0 Å². The Hall–Kier alpha value is 0. The highest BCUT2D eigenvalue weighted by Crippen LogP contribution is 2.50. The van der Waals surface area contributed by atoms with E-state index in [-0.39, 0.29) is 0 Å². The Bertz CT molecular complexity index is 137. The first-order valence-corrected chi connectivity index (χ1v) is 4.84. The monoisotopic (exact) mass is 154 g/mol. The van der Waals surface area contributed by atoms with Crippen LogP contribution in [-0.2, 0) is 0 Å². The molecule has 1 aliphatic rings. The van der Waals surface area contributed by atoms with Gasteiger partial charge in [-0.2, -0.15) is 0 Å². The molecule has 1 saturated carbocycles. The smallest absolute Gasteiger partial charge is 0.0314 e. The lowest BCUT2D eigenvalue weighted by Crippen LogP contribution is -2.29. The van der Waals surface area contributed by atoms with Gasteiger partial charge in [0.05, 0.1) is 0 Å². The number of hydrogen-bond donors (Lipinski definition) is 0. The van der Waals surface area contributed by atoms with Crippen LogP contribution in [0, 0.1) is 16.7 Å². The minimum absolute atomic E-state index is 0.514. The van der Waals surface area contributed by atoms with Crippen LogP contribution in [0.5, 0.6) is 0 Å². The fourth-order valence-electron chi connectivity index (χ4n) is 2.93. The third-order valence-corrected chi connectivity index (χ3v) is 3.30. The van der Waals surface area contributed by atoms with Gasteiger partial charge in [0.25, 0.3) is 0 Å². The summed E-state index contributed by atoms with van der Waals surface area (Å²) >= 11 is 0. The highest BCUT2D eigenvalue weighted by molar-refractivity contribution is 4.91. The third kappa shape index (κ3) is 1.77. The van der Waals surface area contributed by atoms with Crippen molar-refractivity contribution in [1.82, 2.24) is 0 Å². The van der Waals surface area contributed by atoms with Gasteiger partial charge < -0.3 is 0 Å². The molecule has 0 bridgehead atoms. The maximum atomic E-state index is 2.43. The quantitative estimate of drug-likeness (QED) is 0.497. The molecule has 0 aliphatic heterocycles. The van der Waals surface area contributed by atoms with E-state index >= 15 is 0 Å². The van der Waals surface area contributed by atoms with E-state index in [0.717, 1.165) is 5.92 Å². The van der Waals surface area contributed by atoms with Crippen LogP contribution in [0.1, 0.15) is 53.9 Å². The van der Waals surface area contributed by atoms with Crippen LogP contribution in [-0.4, -0.2) is 0 Å². The van der Waals surface area contributed by atoms with Gasteiger partial charge in [-0.05, 0) is 29.6 Å². The van der Waals surface area contributed by atoms with E-state index in [0.29, 0.717) is 10.8 Å². The largest absolute Gasteiger partial charge is 0.0599 e. The van der Waals surface area contributed by atoms with Crippen LogP contribution < -0.4 is 0 Å². The first-order chi connectivity index (χ1) is 4.84. The van der Waals surface area contributed by atoms with Crippen LogP contribution in [0.15, 0.2) is 0 Å². The van der Waals surface area contributed by atoms with Crippen LogP contribution in [0.25, 0.3) is 0 Å². The van der Waals surface area contributed by atoms with Crippen LogP contribution in [0.2, 0.25) is 0 Å². The van der Waals surface area contributed by atoms with Gasteiger partial charge in [0, 0.05) is 0 Å². The Morgan fingerprint density at radius 2 is 1.73 bits per heavy atom. The fraction of sp³-hybridized carbons (Fsp3) is 1.00. The maximum Gasteiger partial charge on any atom is -0.0314 e. The van der Waals surface area contributed by atoms with E-state index < -0.39 is 0 Å². The molecule has 0 saturated heterocycles. The lowest BCUT2D eigenvalue weighted by Gasteiger charge is -2.37. The Morgan fingerprint density at radius 3 is 1.91 bits per heavy atom. The molecule has 0 N–H and O–H groups in total. The molecular formula is C11H22. The Kier molecular flexibility index (Phi) is 2.07. The first-order valence-electron chi connectivity index (χ1n) is 4.84. The van der Waals surface area contributed by atoms with Crippen LogP contribution >= 0.6 is 0 Å². The minimum Gasteiger partial charge on any atom is -0.0599 e. The Balaban J connectivity index is 2.73. The molecule has 1 fully saturated rings. The van der Waals surface area contributed by atoms with Gasteiger partial charge in [0.2, 0.25) is 0 Å². The fourth-order valence-corrected chi connectivity index (χ4v) is 2.93. The van der Waals surface area contributed by atoms with Crippen LogP contribution in [0.3, 0.4) is 0 Å². The normalized spacial score (nSPS) is 30.8. The maximum absolute atomic E-state index is 2.43. The summed E-state index contributed by atoms with van der Waals surface area (Å²) in [7, 11) is 0. The molecule has 0 heteroatoms. The van der Waals surface area contributed by atoms with Gasteiger partial charge in [-0.25, -0.2) is 0 Å². The average Bonchev–Trinajstić information content (AvgIpc) is 2.06. The molecule has 0 aromatic rings.